The number of carboxylic acid groups (broad SMARTS) is 2. The number of guanidine groups is 1. The Morgan fingerprint density at radius 3 is 2.21 bits per heavy atom. The highest BCUT2D eigenvalue weighted by atomic mass is 16.4. The minimum absolute atomic E-state index is 0.0379. The number of hydrogen-bond donors (Lipinski definition) is 6. The number of carbonyl (C=O) groups is 4. The van der Waals surface area contributed by atoms with Gasteiger partial charge in [0.2, 0.25) is 11.8 Å². The minimum atomic E-state index is -1.37. The Bertz CT molecular complexity index is 628. The first-order valence-corrected chi connectivity index (χ1v) is 9.29. The zero-order valence-electron chi connectivity index (χ0n) is 16.8. The monoisotopic (exact) mass is 413 g/mol. The van der Waals surface area contributed by atoms with Crippen molar-refractivity contribution in [1.29, 1.82) is 0 Å². The van der Waals surface area contributed by atoms with E-state index in [1.54, 1.807) is 26.0 Å². The molecule has 0 aromatic heterocycles. The van der Waals surface area contributed by atoms with Crippen molar-refractivity contribution in [2.75, 3.05) is 6.54 Å². The molecular weight excluding hydrogens is 382 g/mol. The third kappa shape index (κ3) is 12.8. The molecule has 0 rings (SSSR count). The van der Waals surface area contributed by atoms with Crippen molar-refractivity contribution in [2.45, 2.75) is 58.0 Å². The van der Waals surface area contributed by atoms with Gasteiger partial charge in [0, 0.05) is 13.0 Å². The van der Waals surface area contributed by atoms with Crippen LogP contribution in [0.4, 0.5) is 0 Å². The van der Waals surface area contributed by atoms with Crippen molar-refractivity contribution in [3.8, 4) is 0 Å². The number of allylic oxidation sites excluding steroid dienone is 1. The summed E-state index contributed by atoms with van der Waals surface area (Å²) >= 11 is 0. The zero-order chi connectivity index (χ0) is 22.4. The van der Waals surface area contributed by atoms with Crippen LogP contribution in [0.5, 0.6) is 0 Å². The molecule has 0 aromatic carbocycles. The van der Waals surface area contributed by atoms with Crippen LogP contribution in [-0.2, 0) is 19.2 Å². The van der Waals surface area contributed by atoms with Gasteiger partial charge in [0.25, 0.3) is 0 Å². The normalized spacial score (nSPS) is 12.9. The molecule has 164 valence electrons. The Morgan fingerprint density at radius 2 is 1.69 bits per heavy atom. The highest BCUT2D eigenvalue weighted by Crippen LogP contribution is 2.04. The fraction of sp³-hybridized carbons (Fsp3) is 0.611. The molecule has 8 N–H and O–H groups in total. The standard InChI is InChI=1S/C18H31N5O6/c1-11(2)15(17(28)29)23-16(27)12(10-14(25)26)22-13(24)8-6-4-3-5-7-9-21-18(19)20/h4,6,11-12,15H,3,5,7-10H2,1-2H3,(H,22,24)(H,23,27)(H,25,26)(H,28,29)(H4,19,20,21)/t12-,15-/m0/s1. The lowest BCUT2D eigenvalue weighted by Crippen LogP contribution is -2.53. The van der Waals surface area contributed by atoms with Gasteiger partial charge in [0.05, 0.1) is 6.42 Å². The van der Waals surface area contributed by atoms with E-state index < -0.39 is 48.2 Å². The molecule has 0 saturated heterocycles. The number of nitrogens with one attached hydrogen (secondary N) is 2. The van der Waals surface area contributed by atoms with E-state index in [0.717, 1.165) is 12.8 Å². The second kappa shape index (κ2) is 14.0. The van der Waals surface area contributed by atoms with Crippen LogP contribution in [0.25, 0.3) is 0 Å². The summed E-state index contributed by atoms with van der Waals surface area (Å²) in [5.41, 5.74) is 10.4. The number of aliphatic carboxylic acids is 2. The van der Waals surface area contributed by atoms with Crippen LogP contribution in [0, 0.1) is 5.92 Å². The van der Waals surface area contributed by atoms with E-state index in [1.165, 1.54) is 0 Å². The van der Waals surface area contributed by atoms with Crippen molar-refractivity contribution in [3.05, 3.63) is 12.2 Å². The molecule has 2 amide bonds. The van der Waals surface area contributed by atoms with Crippen LogP contribution in [0.15, 0.2) is 17.1 Å². The van der Waals surface area contributed by atoms with E-state index in [2.05, 4.69) is 15.6 Å². The summed E-state index contributed by atoms with van der Waals surface area (Å²) in [5, 5.41) is 22.7. The molecule has 29 heavy (non-hydrogen) atoms. The number of nitrogens with two attached hydrogens (primary N) is 2. The molecule has 0 radical (unpaired) electrons. The maximum atomic E-state index is 12.3. The van der Waals surface area contributed by atoms with Crippen LogP contribution in [0.3, 0.4) is 0 Å². The molecule has 0 aliphatic rings. The van der Waals surface area contributed by atoms with Crippen molar-refractivity contribution in [2.24, 2.45) is 22.4 Å². The number of nitrogens with zero attached hydrogens (tertiary/aromatic N) is 1. The van der Waals surface area contributed by atoms with Gasteiger partial charge in [-0.1, -0.05) is 26.0 Å². The van der Waals surface area contributed by atoms with Gasteiger partial charge in [0.15, 0.2) is 5.96 Å². The lowest BCUT2D eigenvalue weighted by Gasteiger charge is -2.22. The molecule has 0 heterocycles. The quantitative estimate of drug-likeness (QED) is 0.0953. The first-order chi connectivity index (χ1) is 13.5. The maximum Gasteiger partial charge on any atom is 0.326 e. The van der Waals surface area contributed by atoms with E-state index in [9.17, 15) is 19.2 Å². The van der Waals surface area contributed by atoms with E-state index in [0.29, 0.717) is 13.0 Å². The summed E-state index contributed by atoms with van der Waals surface area (Å²) in [4.78, 5) is 50.3. The third-order valence-electron chi connectivity index (χ3n) is 3.80. The molecule has 0 unspecified atom stereocenters. The van der Waals surface area contributed by atoms with Gasteiger partial charge in [-0.3, -0.25) is 19.4 Å². The first kappa shape index (κ1) is 25.9. The molecule has 0 spiro atoms. The lowest BCUT2D eigenvalue weighted by molar-refractivity contribution is -0.144. The minimum Gasteiger partial charge on any atom is -0.481 e. The Morgan fingerprint density at radius 1 is 1.03 bits per heavy atom. The fourth-order valence-electron chi connectivity index (χ4n) is 2.29. The number of carboxylic acids is 2. The number of rotatable bonds is 14. The highest BCUT2D eigenvalue weighted by Gasteiger charge is 2.29. The fourth-order valence-corrected chi connectivity index (χ4v) is 2.29. The second-order valence-electron chi connectivity index (χ2n) is 6.76. The summed E-state index contributed by atoms with van der Waals surface area (Å²) in [6.07, 6.45) is 5.03. The number of amides is 2. The van der Waals surface area contributed by atoms with Gasteiger partial charge >= 0.3 is 11.9 Å². The van der Waals surface area contributed by atoms with E-state index in [1.807, 2.05) is 0 Å². The van der Waals surface area contributed by atoms with Gasteiger partial charge in [-0.2, -0.15) is 0 Å². The predicted molar refractivity (Wildman–Crippen MR) is 107 cm³/mol. The Labute approximate surface area is 169 Å². The Kier molecular flexibility index (Phi) is 12.5. The molecule has 11 nitrogen and oxygen atoms in total. The van der Waals surface area contributed by atoms with Gasteiger partial charge in [-0.15, -0.1) is 0 Å². The summed E-state index contributed by atoms with van der Waals surface area (Å²) in [5.74, 6) is -4.30. The van der Waals surface area contributed by atoms with Gasteiger partial charge in [-0.05, 0) is 25.2 Å². The SMILES string of the molecule is CC(C)[C@H](NC(=O)[C@H](CC(=O)O)NC(=O)CC=CCCCCN=C(N)N)C(=O)O. The van der Waals surface area contributed by atoms with Crippen LogP contribution in [0.2, 0.25) is 0 Å². The topological polar surface area (TPSA) is 197 Å². The molecule has 0 aliphatic heterocycles. The predicted octanol–water partition coefficient (Wildman–Crippen LogP) is -0.439. The number of hydrogen-bond acceptors (Lipinski definition) is 5. The van der Waals surface area contributed by atoms with E-state index >= 15 is 0 Å². The molecule has 11 heteroatoms. The van der Waals surface area contributed by atoms with Crippen LogP contribution >= 0.6 is 0 Å². The van der Waals surface area contributed by atoms with Gasteiger partial charge in [-0.25, -0.2) is 4.79 Å². The van der Waals surface area contributed by atoms with Crippen LogP contribution < -0.4 is 22.1 Å². The van der Waals surface area contributed by atoms with Crippen molar-refractivity contribution in [1.82, 2.24) is 10.6 Å². The van der Waals surface area contributed by atoms with Gasteiger partial charge in [0.1, 0.15) is 12.1 Å². The number of unbranched alkanes of at least 4 members (excludes halogenated alkanes) is 2. The average Bonchev–Trinajstić information content (AvgIpc) is 2.59. The first-order valence-electron chi connectivity index (χ1n) is 9.29. The molecule has 0 fully saturated rings. The highest BCUT2D eigenvalue weighted by molar-refractivity contribution is 5.93. The molecule has 0 aliphatic carbocycles. The van der Waals surface area contributed by atoms with Crippen LogP contribution in [0.1, 0.15) is 46.0 Å². The molecular formula is C18H31N5O6. The summed E-state index contributed by atoms with van der Waals surface area (Å²) in [6, 6.07) is -2.55. The third-order valence-corrected chi connectivity index (χ3v) is 3.80. The molecule has 0 bridgehead atoms. The van der Waals surface area contributed by atoms with Crippen molar-refractivity contribution in [3.63, 3.8) is 0 Å². The number of aliphatic imine (C=N–C) groups is 1. The molecule has 0 saturated carbocycles. The number of carbonyl (C=O) groups excluding carboxylic acids is 2. The van der Waals surface area contributed by atoms with Gasteiger partial charge < -0.3 is 32.3 Å². The summed E-state index contributed by atoms with van der Waals surface area (Å²) in [6.45, 7) is 3.73. The molecule has 2 atom stereocenters. The van der Waals surface area contributed by atoms with Crippen molar-refractivity contribution < 1.29 is 29.4 Å². The lowest BCUT2D eigenvalue weighted by atomic mass is 10.0. The Balaban J connectivity index is 4.58. The van der Waals surface area contributed by atoms with E-state index in [4.69, 9.17) is 21.7 Å². The van der Waals surface area contributed by atoms with E-state index in [-0.39, 0.29) is 12.4 Å². The maximum absolute atomic E-state index is 12.3. The summed E-state index contributed by atoms with van der Waals surface area (Å²) < 4.78 is 0. The average molecular weight is 413 g/mol. The largest absolute Gasteiger partial charge is 0.481 e. The zero-order valence-corrected chi connectivity index (χ0v) is 16.8. The summed E-state index contributed by atoms with van der Waals surface area (Å²) in [7, 11) is 0. The van der Waals surface area contributed by atoms with Crippen LogP contribution in [-0.4, -0.2) is 58.6 Å². The Hall–Kier alpha value is -3.11. The second-order valence-corrected chi connectivity index (χ2v) is 6.76. The van der Waals surface area contributed by atoms with Crippen molar-refractivity contribution >= 4 is 29.7 Å². The smallest absolute Gasteiger partial charge is 0.326 e. The molecule has 0 aromatic rings.